The van der Waals surface area contributed by atoms with Gasteiger partial charge in [0, 0.05) is 35.5 Å². The van der Waals surface area contributed by atoms with Crippen LogP contribution in [0.25, 0.3) is 10.9 Å². The molecule has 0 spiro atoms. The van der Waals surface area contributed by atoms with Gasteiger partial charge in [-0.25, -0.2) is 0 Å². The number of hydrogen-bond donors (Lipinski definition) is 2. The smallest absolute Gasteiger partial charge is 0.221 e. The molecular formula is C26H24N2O2. The van der Waals surface area contributed by atoms with Gasteiger partial charge in [-0.1, -0.05) is 48.5 Å². The number of aromatic amines is 1. The molecule has 1 aliphatic rings. The Hall–Kier alpha value is -3.53. The third-order valence-electron chi connectivity index (χ3n) is 5.57. The molecule has 30 heavy (non-hydrogen) atoms. The molecule has 1 fully saturated rings. The van der Waals surface area contributed by atoms with Crippen molar-refractivity contribution in [2.24, 2.45) is 0 Å². The molecule has 1 unspecified atom stereocenters. The van der Waals surface area contributed by atoms with Crippen LogP contribution in [0.3, 0.4) is 0 Å². The van der Waals surface area contributed by atoms with Crippen LogP contribution in [-0.2, 0) is 4.79 Å². The molecule has 4 aromatic rings. The second-order valence-electron chi connectivity index (χ2n) is 7.88. The fourth-order valence-electron chi connectivity index (χ4n) is 3.91. The minimum absolute atomic E-state index is 0.0563. The second kappa shape index (κ2) is 8.07. The molecule has 2 N–H and O–H groups in total. The molecule has 1 aromatic heterocycles. The van der Waals surface area contributed by atoms with Crippen LogP contribution in [0.1, 0.15) is 36.3 Å². The predicted molar refractivity (Wildman–Crippen MR) is 119 cm³/mol. The highest BCUT2D eigenvalue weighted by molar-refractivity contribution is 5.86. The van der Waals surface area contributed by atoms with Crippen LogP contribution in [0, 0.1) is 0 Å². The molecule has 1 atom stereocenters. The number of carbonyl (C=O) groups is 1. The topological polar surface area (TPSA) is 54.1 Å². The maximum atomic E-state index is 12.7. The standard InChI is InChI=1S/C26H24N2O2/c29-26(28-19-13-14-19)16-23(24-17-27-25-12-5-4-11-22(24)25)18-7-6-10-21(15-18)30-20-8-2-1-3-9-20/h1-12,15,17,19,23,27H,13-14,16H2,(H,28,29). The first-order chi connectivity index (χ1) is 14.8. The van der Waals surface area contributed by atoms with Gasteiger partial charge in [0.2, 0.25) is 5.91 Å². The van der Waals surface area contributed by atoms with Gasteiger partial charge in [-0.15, -0.1) is 0 Å². The molecule has 0 aliphatic heterocycles. The van der Waals surface area contributed by atoms with E-state index in [0.29, 0.717) is 12.5 Å². The number of carbonyl (C=O) groups excluding carboxylic acids is 1. The number of amides is 1. The zero-order chi connectivity index (χ0) is 20.3. The van der Waals surface area contributed by atoms with Gasteiger partial charge >= 0.3 is 0 Å². The van der Waals surface area contributed by atoms with Crippen molar-refractivity contribution in [1.82, 2.24) is 10.3 Å². The highest BCUT2D eigenvalue weighted by Gasteiger charge is 2.27. The molecule has 5 rings (SSSR count). The van der Waals surface area contributed by atoms with E-state index in [4.69, 9.17) is 4.74 Å². The van der Waals surface area contributed by atoms with E-state index in [1.807, 2.05) is 66.9 Å². The van der Waals surface area contributed by atoms with Crippen molar-refractivity contribution in [1.29, 1.82) is 0 Å². The molecule has 1 aliphatic carbocycles. The number of benzene rings is 3. The molecule has 1 saturated carbocycles. The number of H-pyrrole nitrogens is 1. The van der Waals surface area contributed by atoms with Gasteiger partial charge in [-0.2, -0.15) is 0 Å². The van der Waals surface area contributed by atoms with Gasteiger partial charge in [0.25, 0.3) is 0 Å². The Morgan fingerprint density at radius 3 is 2.57 bits per heavy atom. The first-order valence-electron chi connectivity index (χ1n) is 10.4. The van der Waals surface area contributed by atoms with Gasteiger partial charge in [0.1, 0.15) is 11.5 Å². The summed E-state index contributed by atoms with van der Waals surface area (Å²) in [5.74, 6) is 1.61. The third kappa shape index (κ3) is 4.08. The SMILES string of the molecule is O=C(CC(c1cccc(Oc2ccccc2)c1)c1c[nH]c2ccccc12)NC1CC1. The molecule has 150 valence electrons. The van der Waals surface area contributed by atoms with Crippen molar-refractivity contribution in [2.45, 2.75) is 31.2 Å². The van der Waals surface area contributed by atoms with E-state index in [2.05, 4.69) is 28.5 Å². The summed E-state index contributed by atoms with van der Waals surface area (Å²) in [6, 6.07) is 26.4. The van der Waals surface area contributed by atoms with E-state index < -0.39 is 0 Å². The summed E-state index contributed by atoms with van der Waals surface area (Å²) in [5, 5.41) is 4.29. The fraction of sp³-hybridized carbons (Fsp3) is 0.192. The van der Waals surface area contributed by atoms with Crippen molar-refractivity contribution >= 4 is 16.8 Å². The average Bonchev–Trinajstić information content (AvgIpc) is 3.48. The lowest BCUT2D eigenvalue weighted by Crippen LogP contribution is -2.27. The predicted octanol–water partition coefficient (Wildman–Crippen LogP) is 5.76. The first kappa shape index (κ1) is 18.5. The molecular weight excluding hydrogens is 372 g/mol. The Bertz CT molecular complexity index is 1160. The van der Waals surface area contributed by atoms with Crippen molar-refractivity contribution in [2.75, 3.05) is 0 Å². The van der Waals surface area contributed by atoms with E-state index in [9.17, 15) is 4.79 Å². The zero-order valence-corrected chi connectivity index (χ0v) is 16.7. The zero-order valence-electron chi connectivity index (χ0n) is 16.7. The maximum absolute atomic E-state index is 12.7. The molecule has 4 nitrogen and oxygen atoms in total. The lowest BCUT2D eigenvalue weighted by atomic mass is 9.88. The Morgan fingerprint density at radius 1 is 0.967 bits per heavy atom. The number of hydrogen-bond acceptors (Lipinski definition) is 2. The summed E-state index contributed by atoms with van der Waals surface area (Å²) in [7, 11) is 0. The summed E-state index contributed by atoms with van der Waals surface area (Å²) in [6.07, 6.45) is 4.62. The highest BCUT2D eigenvalue weighted by atomic mass is 16.5. The van der Waals surface area contributed by atoms with E-state index in [1.165, 1.54) is 0 Å². The molecule has 0 radical (unpaired) electrons. The summed E-state index contributed by atoms with van der Waals surface area (Å²) in [4.78, 5) is 16.1. The first-order valence-corrected chi connectivity index (χ1v) is 10.4. The van der Waals surface area contributed by atoms with E-state index in [0.717, 1.165) is 46.4 Å². The molecule has 4 heteroatoms. The summed E-state index contributed by atoms with van der Waals surface area (Å²) >= 11 is 0. The van der Waals surface area contributed by atoms with Crippen molar-refractivity contribution in [3.05, 3.63) is 96.2 Å². The van der Waals surface area contributed by atoms with Crippen molar-refractivity contribution < 1.29 is 9.53 Å². The van der Waals surface area contributed by atoms with Crippen LogP contribution < -0.4 is 10.1 Å². The third-order valence-corrected chi connectivity index (χ3v) is 5.57. The van der Waals surface area contributed by atoms with Crippen molar-refractivity contribution in [3.63, 3.8) is 0 Å². The summed E-state index contributed by atoms with van der Waals surface area (Å²) < 4.78 is 6.05. The van der Waals surface area contributed by atoms with Gasteiger partial charge in [0.15, 0.2) is 0 Å². The molecule has 1 amide bonds. The monoisotopic (exact) mass is 396 g/mol. The minimum Gasteiger partial charge on any atom is -0.457 e. The largest absolute Gasteiger partial charge is 0.457 e. The van der Waals surface area contributed by atoms with Crippen LogP contribution >= 0.6 is 0 Å². The number of ether oxygens (including phenoxy) is 1. The number of rotatable bonds is 7. The van der Waals surface area contributed by atoms with Gasteiger partial charge < -0.3 is 15.0 Å². The van der Waals surface area contributed by atoms with E-state index >= 15 is 0 Å². The number of aromatic nitrogens is 1. The number of para-hydroxylation sites is 2. The van der Waals surface area contributed by atoms with Crippen LogP contribution in [0.15, 0.2) is 85.1 Å². The van der Waals surface area contributed by atoms with Gasteiger partial charge in [0.05, 0.1) is 0 Å². The molecule has 3 aromatic carbocycles. The lowest BCUT2D eigenvalue weighted by molar-refractivity contribution is -0.121. The maximum Gasteiger partial charge on any atom is 0.221 e. The number of fused-ring (bicyclic) bond motifs is 1. The van der Waals surface area contributed by atoms with Crippen molar-refractivity contribution in [3.8, 4) is 11.5 Å². The summed E-state index contributed by atoms with van der Waals surface area (Å²) in [5.41, 5.74) is 3.28. The van der Waals surface area contributed by atoms with Crippen LogP contribution in [0.4, 0.5) is 0 Å². The normalized spacial score (nSPS) is 14.4. The quantitative estimate of drug-likeness (QED) is 0.417. The molecule has 0 bridgehead atoms. The highest BCUT2D eigenvalue weighted by Crippen LogP contribution is 2.35. The fourth-order valence-corrected chi connectivity index (χ4v) is 3.91. The van der Waals surface area contributed by atoms with E-state index in [-0.39, 0.29) is 11.8 Å². The summed E-state index contributed by atoms with van der Waals surface area (Å²) in [6.45, 7) is 0. The van der Waals surface area contributed by atoms with Gasteiger partial charge in [-0.3, -0.25) is 4.79 Å². The average molecular weight is 396 g/mol. The molecule has 0 saturated heterocycles. The second-order valence-corrected chi connectivity index (χ2v) is 7.88. The van der Waals surface area contributed by atoms with E-state index in [1.54, 1.807) is 0 Å². The Balaban J connectivity index is 1.49. The van der Waals surface area contributed by atoms with Crippen LogP contribution in [0.2, 0.25) is 0 Å². The van der Waals surface area contributed by atoms with Crippen LogP contribution in [0.5, 0.6) is 11.5 Å². The lowest BCUT2D eigenvalue weighted by Gasteiger charge is -2.18. The Labute approximate surface area is 175 Å². The Morgan fingerprint density at radius 2 is 1.73 bits per heavy atom. The minimum atomic E-state index is -0.0563. The van der Waals surface area contributed by atoms with Gasteiger partial charge in [-0.05, 0) is 54.3 Å². The Kier molecular flexibility index (Phi) is 4.98. The van der Waals surface area contributed by atoms with Crippen LogP contribution in [-0.4, -0.2) is 16.9 Å². The number of nitrogens with one attached hydrogen (secondary N) is 2. The molecule has 1 heterocycles.